The Balaban J connectivity index is 1.90. The van der Waals surface area contributed by atoms with E-state index in [-0.39, 0.29) is 6.04 Å². The molecule has 0 aliphatic carbocycles. The lowest BCUT2D eigenvalue weighted by Crippen LogP contribution is -2.47. The summed E-state index contributed by atoms with van der Waals surface area (Å²) in [6, 6.07) is 0.258. The van der Waals surface area contributed by atoms with Crippen molar-refractivity contribution in [3.8, 4) is 0 Å². The molecule has 1 aliphatic heterocycles. The fourth-order valence-electron chi connectivity index (χ4n) is 2.78. The van der Waals surface area contributed by atoms with Crippen LogP contribution in [0, 0.1) is 5.92 Å². The second-order valence-electron chi connectivity index (χ2n) is 7.06. The molecule has 1 fully saturated rings. The van der Waals surface area contributed by atoms with E-state index in [0.29, 0.717) is 24.8 Å². The van der Waals surface area contributed by atoms with Gasteiger partial charge in [0.15, 0.2) is 0 Å². The number of hydrogen-bond acceptors (Lipinski definition) is 5. The van der Waals surface area contributed by atoms with Crippen LogP contribution >= 0.6 is 0 Å². The summed E-state index contributed by atoms with van der Waals surface area (Å²) < 4.78 is 7.46. The average molecular weight is 310 g/mol. The number of ether oxygens (including phenoxy) is 1. The Kier molecular flexibility index (Phi) is 5.94. The van der Waals surface area contributed by atoms with Crippen molar-refractivity contribution in [1.29, 1.82) is 0 Å². The number of aromatic nitrogens is 3. The Hall–Kier alpha value is -0.980. The van der Waals surface area contributed by atoms with Gasteiger partial charge in [0, 0.05) is 25.7 Å². The molecule has 1 N–H and O–H groups in total. The molecule has 2 rings (SSSR count). The molecule has 0 saturated carbocycles. The maximum Gasteiger partial charge on any atom is 0.123 e. The van der Waals surface area contributed by atoms with Gasteiger partial charge in [-0.05, 0) is 39.2 Å². The fourth-order valence-corrected chi connectivity index (χ4v) is 2.78. The largest absolute Gasteiger partial charge is 0.382 e. The summed E-state index contributed by atoms with van der Waals surface area (Å²) in [6.45, 7) is 12.4. The molecule has 126 valence electrons. The second-order valence-corrected chi connectivity index (χ2v) is 7.06. The van der Waals surface area contributed by atoms with Crippen molar-refractivity contribution in [1.82, 2.24) is 19.9 Å². The zero-order chi connectivity index (χ0) is 16.2. The lowest BCUT2D eigenvalue weighted by molar-refractivity contribution is -0.0459. The third-order valence-corrected chi connectivity index (χ3v) is 4.07. The van der Waals surface area contributed by atoms with Crippen molar-refractivity contribution in [2.75, 3.05) is 32.8 Å². The fraction of sp³-hybridized carbons (Fsp3) is 0.875. The number of nitrogens with zero attached hydrogens (tertiary/aromatic N) is 4. The van der Waals surface area contributed by atoms with E-state index in [0.717, 1.165) is 32.5 Å². The van der Waals surface area contributed by atoms with Crippen molar-refractivity contribution < 1.29 is 9.84 Å². The highest BCUT2D eigenvalue weighted by atomic mass is 16.5. The molecule has 6 nitrogen and oxygen atoms in total. The third kappa shape index (κ3) is 4.51. The van der Waals surface area contributed by atoms with E-state index in [2.05, 4.69) is 42.9 Å². The lowest BCUT2D eigenvalue weighted by Gasteiger charge is -2.37. The van der Waals surface area contributed by atoms with E-state index in [1.54, 1.807) is 4.68 Å². The number of rotatable bonds is 7. The summed E-state index contributed by atoms with van der Waals surface area (Å²) in [7, 11) is 0. The van der Waals surface area contributed by atoms with Crippen molar-refractivity contribution in [3.63, 3.8) is 0 Å². The van der Waals surface area contributed by atoms with Gasteiger partial charge in [0.2, 0.25) is 0 Å². The molecule has 0 spiro atoms. The minimum atomic E-state index is -0.885. The molecule has 0 bridgehead atoms. The van der Waals surface area contributed by atoms with Crippen LogP contribution in [-0.4, -0.2) is 57.8 Å². The molecular weight excluding hydrogens is 280 g/mol. The van der Waals surface area contributed by atoms with Crippen LogP contribution in [0.5, 0.6) is 0 Å². The van der Waals surface area contributed by atoms with Crippen LogP contribution in [-0.2, 0) is 10.3 Å². The van der Waals surface area contributed by atoms with Gasteiger partial charge < -0.3 is 9.84 Å². The zero-order valence-corrected chi connectivity index (χ0v) is 14.3. The van der Waals surface area contributed by atoms with Crippen molar-refractivity contribution in [3.05, 3.63) is 11.9 Å². The van der Waals surface area contributed by atoms with Gasteiger partial charge in [-0.2, -0.15) is 0 Å². The number of hydrogen-bond donors (Lipinski definition) is 1. The molecule has 6 heteroatoms. The van der Waals surface area contributed by atoms with Crippen molar-refractivity contribution >= 4 is 0 Å². The summed E-state index contributed by atoms with van der Waals surface area (Å²) in [5.41, 5.74) is -0.197. The van der Waals surface area contributed by atoms with Crippen LogP contribution in [0.15, 0.2) is 6.20 Å². The van der Waals surface area contributed by atoms with Crippen LogP contribution in [0.3, 0.4) is 0 Å². The Labute approximate surface area is 133 Å². The summed E-state index contributed by atoms with van der Waals surface area (Å²) in [5, 5.41) is 19.3. The Bertz CT molecular complexity index is 461. The van der Waals surface area contributed by atoms with E-state index in [9.17, 15) is 5.11 Å². The highest BCUT2D eigenvalue weighted by Crippen LogP contribution is 2.30. The number of likely N-dealkylation sites (tertiary alicyclic amines) is 1. The molecule has 1 aromatic rings. The molecule has 0 radical (unpaired) electrons. The number of piperidine rings is 1. The molecule has 2 heterocycles. The van der Waals surface area contributed by atoms with Crippen LogP contribution in [0.4, 0.5) is 0 Å². The molecule has 0 amide bonds. The molecule has 1 atom stereocenters. The minimum Gasteiger partial charge on any atom is -0.382 e. The molecule has 0 aromatic carbocycles. The van der Waals surface area contributed by atoms with Gasteiger partial charge in [-0.1, -0.05) is 19.1 Å². The number of aliphatic hydroxyl groups is 1. The van der Waals surface area contributed by atoms with Crippen LogP contribution in [0.25, 0.3) is 0 Å². The third-order valence-electron chi connectivity index (χ3n) is 4.07. The van der Waals surface area contributed by atoms with Crippen LogP contribution in [0.1, 0.15) is 52.3 Å². The van der Waals surface area contributed by atoms with Crippen LogP contribution < -0.4 is 0 Å². The molecule has 1 saturated heterocycles. The summed E-state index contributed by atoms with van der Waals surface area (Å²) in [5.74, 6) is 0.560. The molecule has 1 aromatic heterocycles. The Morgan fingerprint density at radius 1 is 1.36 bits per heavy atom. The summed E-state index contributed by atoms with van der Waals surface area (Å²) in [6.07, 6.45) is 3.59. The minimum absolute atomic E-state index is 0.258. The van der Waals surface area contributed by atoms with Gasteiger partial charge in [-0.25, -0.2) is 4.68 Å². The maximum atomic E-state index is 11.0. The first-order chi connectivity index (χ1) is 10.4. The van der Waals surface area contributed by atoms with E-state index in [1.807, 2.05) is 6.20 Å². The number of β-amino-alcohol motifs (C(OH)–C–C–N with tert-alkyl or cyclic N) is 1. The second kappa shape index (κ2) is 7.53. The molecule has 0 unspecified atom stereocenters. The quantitative estimate of drug-likeness (QED) is 0.778. The first-order valence-electron chi connectivity index (χ1n) is 8.35. The normalized spacial score (nSPS) is 23.6. The first kappa shape index (κ1) is 17.4. The SMILES string of the molecule is CC(C)COCCN1CCC[C@@](O)(c2cn(C(C)C)nn2)C1. The Morgan fingerprint density at radius 2 is 2.14 bits per heavy atom. The topological polar surface area (TPSA) is 63.4 Å². The monoisotopic (exact) mass is 310 g/mol. The Morgan fingerprint density at radius 3 is 2.77 bits per heavy atom. The zero-order valence-electron chi connectivity index (χ0n) is 14.3. The standard InChI is InChI=1S/C16H30N4O2/c1-13(2)11-22-9-8-19-7-5-6-16(21,12-19)15-10-20(14(3)4)18-17-15/h10,13-14,21H,5-9,11-12H2,1-4H3/t16-/m0/s1. The van der Waals surface area contributed by atoms with E-state index in [1.165, 1.54) is 0 Å². The maximum absolute atomic E-state index is 11.0. The van der Waals surface area contributed by atoms with E-state index >= 15 is 0 Å². The average Bonchev–Trinajstić information content (AvgIpc) is 2.94. The van der Waals surface area contributed by atoms with E-state index in [4.69, 9.17) is 4.74 Å². The smallest absolute Gasteiger partial charge is 0.123 e. The lowest BCUT2D eigenvalue weighted by atomic mass is 9.90. The van der Waals surface area contributed by atoms with Gasteiger partial charge in [0.05, 0.1) is 12.8 Å². The van der Waals surface area contributed by atoms with Gasteiger partial charge in [0.25, 0.3) is 0 Å². The highest BCUT2D eigenvalue weighted by molar-refractivity contribution is 5.09. The van der Waals surface area contributed by atoms with E-state index < -0.39 is 5.60 Å². The highest BCUT2D eigenvalue weighted by Gasteiger charge is 2.37. The van der Waals surface area contributed by atoms with Gasteiger partial charge in [0.1, 0.15) is 11.3 Å². The van der Waals surface area contributed by atoms with Gasteiger partial charge in [-0.15, -0.1) is 5.10 Å². The van der Waals surface area contributed by atoms with Crippen LogP contribution in [0.2, 0.25) is 0 Å². The van der Waals surface area contributed by atoms with Crippen molar-refractivity contribution in [2.45, 2.75) is 52.2 Å². The summed E-state index contributed by atoms with van der Waals surface area (Å²) in [4.78, 5) is 2.26. The molecule has 22 heavy (non-hydrogen) atoms. The first-order valence-corrected chi connectivity index (χ1v) is 8.35. The predicted molar refractivity (Wildman–Crippen MR) is 85.6 cm³/mol. The predicted octanol–water partition coefficient (Wildman–Crippen LogP) is 1.81. The molecule has 1 aliphatic rings. The van der Waals surface area contributed by atoms with Crippen molar-refractivity contribution in [2.24, 2.45) is 5.92 Å². The van der Waals surface area contributed by atoms with Gasteiger partial charge in [-0.3, -0.25) is 4.90 Å². The van der Waals surface area contributed by atoms with Gasteiger partial charge >= 0.3 is 0 Å². The summed E-state index contributed by atoms with van der Waals surface area (Å²) >= 11 is 0. The molecular formula is C16H30N4O2.